The van der Waals surface area contributed by atoms with E-state index in [4.69, 9.17) is 34.8 Å². The van der Waals surface area contributed by atoms with Crippen LogP contribution in [0.15, 0.2) is 71.8 Å². The van der Waals surface area contributed by atoms with Gasteiger partial charge in [0.25, 0.3) is 0 Å². The number of hydrogen-bond donors (Lipinski definition) is 0. The average molecular weight is 627 g/mol. The lowest BCUT2D eigenvalue weighted by molar-refractivity contribution is -0.140. The van der Waals surface area contributed by atoms with E-state index >= 15 is 0 Å². The Bertz CT molecular complexity index is 1880. The van der Waals surface area contributed by atoms with Gasteiger partial charge < -0.3 is 0 Å². The van der Waals surface area contributed by atoms with E-state index < -0.39 is 26.9 Å². The van der Waals surface area contributed by atoms with Crippen molar-refractivity contribution in [3.8, 4) is 33.8 Å². The monoisotopic (exact) mass is 625 g/mol. The molecule has 2 heterocycles. The average Bonchev–Trinajstić information content (AvgIpc) is 3.47. The number of hydrogen-bond acceptors (Lipinski definition) is 5. The maximum Gasteiger partial charge on any atom is 0.436 e. The van der Waals surface area contributed by atoms with Crippen LogP contribution in [0.3, 0.4) is 0 Å². The Kier molecular flexibility index (Phi) is 7.20. The molecule has 5 rings (SSSR count). The van der Waals surface area contributed by atoms with Crippen LogP contribution in [0.25, 0.3) is 33.8 Å². The van der Waals surface area contributed by atoms with E-state index in [1.807, 2.05) is 0 Å². The summed E-state index contributed by atoms with van der Waals surface area (Å²) in [6.07, 6.45) is -2.24. The summed E-state index contributed by atoms with van der Waals surface area (Å²) >= 11 is 18.8. The number of aromatic nitrogens is 5. The number of nitrogens with zero attached hydrogens (tertiary/aromatic N) is 5. The molecule has 0 aliphatic heterocycles. The predicted octanol–water partition coefficient (Wildman–Crippen LogP) is 7.48. The summed E-state index contributed by atoms with van der Waals surface area (Å²) in [5.41, 5.74) is 1.28. The van der Waals surface area contributed by atoms with Crippen LogP contribution in [-0.4, -0.2) is 39.2 Å². The predicted molar refractivity (Wildman–Crippen MR) is 147 cm³/mol. The van der Waals surface area contributed by atoms with Gasteiger partial charge in [0.05, 0.1) is 33.2 Å². The molecule has 0 radical (unpaired) electrons. The van der Waals surface area contributed by atoms with Crippen molar-refractivity contribution in [3.63, 3.8) is 0 Å². The van der Waals surface area contributed by atoms with Gasteiger partial charge in [-0.25, -0.2) is 18.1 Å². The first-order chi connectivity index (χ1) is 18.8. The molecule has 0 saturated heterocycles. The summed E-state index contributed by atoms with van der Waals surface area (Å²) in [4.78, 5) is 3.77. The zero-order chi connectivity index (χ0) is 29.0. The van der Waals surface area contributed by atoms with Crippen LogP contribution in [0.2, 0.25) is 15.2 Å². The van der Waals surface area contributed by atoms with Gasteiger partial charge in [-0.15, -0.1) is 5.10 Å². The van der Waals surface area contributed by atoms with Crippen molar-refractivity contribution in [3.05, 3.63) is 93.6 Å². The molecule has 0 bridgehead atoms. The number of rotatable bonds is 5. The maximum atomic E-state index is 13.7. The highest BCUT2D eigenvalue weighted by molar-refractivity contribution is 7.90. The second-order valence-electron chi connectivity index (χ2n) is 8.79. The molecule has 3 aromatic carbocycles. The second-order valence-corrected chi connectivity index (χ2v) is 12.0. The number of aryl methyl sites for hydroxylation is 1. The normalized spacial score (nSPS) is 12.2. The van der Waals surface area contributed by atoms with Crippen molar-refractivity contribution in [1.82, 2.24) is 24.5 Å². The van der Waals surface area contributed by atoms with Gasteiger partial charge in [0.1, 0.15) is 11.0 Å². The number of imidazole rings is 1. The highest BCUT2D eigenvalue weighted by Gasteiger charge is 2.38. The highest BCUT2D eigenvalue weighted by Crippen LogP contribution is 2.39. The van der Waals surface area contributed by atoms with Gasteiger partial charge in [-0.05, 0) is 60.5 Å². The molecule has 7 nitrogen and oxygen atoms in total. The van der Waals surface area contributed by atoms with Gasteiger partial charge >= 0.3 is 6.18 Å². The van der Waals surface area contributed by atoms with Crippen LogP contribution in [0.4, 0.5) is 13.2 Å². The van der Waals surface area contributed by atoms with Crippen molar-refractivity contribution >= 4 is 44.6 Å². The smallest absolute Gasteiger partial charge is 0.285 e. The molecule has 206 valence electrons. The maximum absolute atomic E-state index is 13.7. The molecule has 0 saturated carbocycles. The SMILES string of the molecule is Cc1nc(C(F)(F)F)c(Cl)n1-c1ccc(-c2cccc(S(C)(=O)=O)c2)cc1-n1nncc1-c1ccc(Cl)cc1Cl. The van der Waals surface area contributed by atoms with E-state index in [0.717, 1.165) is 10.8 Å². The number of halogens is 6. The van der Waals surface area contributed by atoms with Gasteiger partial charge in [0.2, 0.25) is 0 Å². The zero-order valence-corrected chi connectivity index (χ0v) is 23.7. The minimum atomic E-state index is -4.78. The van der Waals surface area contributed by atoms with Crippen molar-refractivity contribution in [2.24, 2.45) is 0 Å². The molecular weight excluding hydrogens is 610 g/mol. The lowest BCUT2D eigenvalue weighted by Gasteiger charge is -2.17. The van der Waals surface area contributed by atoms with Gasteiger partial charge in [-0.3, -0.25) is 4.57 Å². The Hall–Kier alpha value is -3.38. The summed E-state index contributed by atoms with van der Waals surface area (Å²) < 4.78 is 67.8. The highest BCUT2D eigenvalue weighted by atomic mass is 35.5. The topological polar surface area (TPSA) is 82.7 Å². The third-order valence-electron chi connectivity index (χ3n) is 6.05. The van der Waals surface area contributed by atoms with E-state index in [1.165, 1.54) is 36.0 Å². The van der Waals surface area contributed by atoms with E-state index in [2.05, 4.69) is 15.3 Å². The third kappa shape index (κ3) is 5.22. The van der Waals surface area contributed by atoms with Crippen molar-refractivity contribution < 1.29 is 21.6 Å². The molecule has 2 aromatic heterocycles. The molecule has 0 spiro atoms. The molecule has 0 amide bonds. The summed E-state index contributed by atoms with van der Waals surface area (Å²) in [7, 11) is -3.50. The fourth-order valence-electron chi connectivity index (χ4n) is 4.23. The molecular formula is C26H17Cl3F3N5O2S. The van der Waals surface area contributed by atoms with Crippen LogP contribution in [0.1, 0.15) is 11.5 Å². The molecule has 0 unspecified atom stereocenters. The molecule has 0 fully saturated rings. The molecule has 0 atom stereocenters. The largest absolute Gasteiger partial charge is 0.436 e. The minimum absolute atomic E-state index is 0.0170. The summed E-state index contributed by atoms with van der Waals surface area (Å²) in [5, 5.41) is 8.28. The summed E-state index contributed by atoms with van der Waals surface area (Å²) in [5.74, 6) is -0.0170. The molecule has 14 heteroatoms. The van der Waals surface area contributed by atoms with Crippen LogP contribution in [0, 0.1) is 6.92 Å². The standard InChI is InChI=1S/C26H17Cl3F3N5O2S/c1-14-34-24(26(30,31)32)25(29)36(14)21-9-6-16(15-4-3-5-18(10-15)40(2,38)39)11-22(21)37-23(13-33-35-37)19-8-7-17(27)12-20(19)28/h3-13H,1-2H3. The summed E-state index contributed by atoms with van der Waals surface area (Å²) in [6.45, 7) is 1.40. The Morgan fingerprint density at radius 1 is 0.900 bits per heavy atom. The fraction of sp³-hybridized carbons (Fsp3) is 0.115. The Labute approximate surface area is 241 Å². The van der Waals surface area contributed by atoms with Gasteiger partial charge in [-0.2, -0.15) is 13.2 Å². The minimum Gasteiger partial charge on any atom is -0.285 e. The van der Waals surface area contributed by atoms with E-state index in [-0.39, 0.29) is 22.1 Å². The van der Waals surface area contributed by atoms with Crippen LogP contribution < -0.4 is 0 Å². The van der Waals surface area contributed by atoms with Gasteiger partial charge in [-0.1, -0.05) is 58.2 Å². The lowest BCUT2D eigenvalue weighted by atomic mass is 10.0. The molecule has 0 aliphatic rings. The second kappa shape index (κ2) is 10.2. The Morgan fingerprint density at radius 3 is 2.27 bits per heavy atom. The van der Waals surface area contributed by atoms with E-state index in [0.29, 0.717) is 32.4 Å². The van der Waals surface area contributed by atoms with Crippen molar-refractivity contribution in [2.45, 2.75) is 18.0 Å². The first-order valence-electron chi connectivity index (χ1n) is 11.4. The van der Waals surface area contributed by atoms with Crippen molar-refractivity contribution in [2.75, 3.05) is 6.26 Å². The van der Waals surface area contributed by atoms with Gasteiger partial charge in [0.15, 0.2) is 15.5 Å². The number of sulfone groups is 1. The van der Waals surface area contributed by atoms with Crippen LogP contribution in [-0.2, 0) is 16.0 Å². The first-order valence-corrected chi connectivity index (χ1v) is 14.4. The number of alkyl halides is 3. The van der Waals surface area contributed by atoms with Crippen LogP contribution in [0.5, 0.6) is 0 Å². The first kappa shape index (κ1) is 28.2. The fourth-order valence-corrected chi connectivity index (χ4v) is 5.76. The Balaban J connectivity index is 1.80. The van der Waals surface area contributed by atoms with E-state index in [1.54, 1.807) is 42.5 Å². The van der Waals surface area contributed by atoms with Crippen molar-refractivity contribution in [1.29, 1.82) is 0 Å². The van der Waals surface area contributed by atoms with Crippen LogP contribution >= 0.6 is 34.8 Å². The quantitative estimate of drug-likeness (QED) is 0.202. The summed E-state index contributed by atoms with van der Waals surface area (Å²) in [6, 6.07) is 15.9. The number of benzene rings is 3. The zero-order valence-electron chi connectivity index (χ0n) is 20.6. The third-order valence-corrected chi connectivity index (χ3v) is 8.06. The lowest BCUT2D eigenvalue weighted by Crippen LogP contribution is -2.09. The molecule has 5 aromatic rings. The Morgan fingerprint density at radius 2 is 1.62 bits per heavy atom. The van der Waals surface area contributed by atoms with E-state index in [9.17, 15) is 21.6 Å². The molecule has 0 N–H and O–H groups in total. The van der Waals surface area contributed by atoms with Gasteiger partial charge in [0, 0.05) is 16.8 Å². The molecule has 40 heavy (non-hydrogen) atoms. The molecule has 0 aliphatic carbocycles.